The number of benzene rings is 1. The molecule has 1 saturated heterocycles. The van der Waals surface area contributed by atoms with Crippen molar-refractivity contribution < 1.29 is 19.4 Å². The number of carbonyl (C=O) groups is 1. The Labute approximate surface area is 159 Å². The predicted molar refractivity (Wildman–Crippen MR) is 101 cm³/mol. The lowest BCUT2D eigenvalue weighted by molar-refractivity contribution is -0.160. The van der Waals surface area contributed by atoms with Gasteiger partial charge in [0.2, 0.25) is 5.60 Å². The molecule has 27 heavy (non-hydrogen) atoms. The van der Waals surface area contributed by atoms with E-state index in [9.17, 15) is 9.90 Å². The number of methoxy groups -OCH3 is 1. The van der Waals surface area contributed by atoms with E-state index < -0.39 is 11.6 Å². The van der Waals surface area contributed by atoms with Gasteiger partial charge in [0.25, 0.3) is 0 Å². The molecule has 0 unspecified atom stereocenters. The normalized spacial score (nSPS) is 16.9. The van der Waals surface area contributed by atoms with Crippen LogP contribution in [0, 0.1) is 13.8 Å². The van der Waals surface area contributed by atoms with Gasteiger partial charge in [0, 0.05) is 50.8 Å². The van der Waals surface area contributed by atoms with E-state index in [4.69, 9.17) is 9.47 Å². The minimum absolute atomic E-state index is 0.415. The van der Waals surface area contributed by atoms with Crippen molar-refractivity contribution in [3.8, 4) is 11.5 Å². The molecule has 3 rings (SSSR count). The van der Waals surface area contributed by atoms with Crippen molar-refractivity contribution in [3.63, 3.8) is 0 Å². The summed E-state index contributed by atoms with van der Waals surface area (Å²) in [4.78, 5) is 14.3. The average Bonchev–Trinajstić information content (AvgIpc) is 2.89. The Bertz CT molecular complexity index is 823. The molecule has 1 aromatic heterocycles. The first-order valence-electron chi connectivity index (χ1n) is 9.13. The molecular weight excluding hydrogens is 346 g/mol. The number of rotatable bonds is 6. The fraction of sp³-hybridized carbons (Fsp3) is 0.500. The lowest BCUT2D eigenvalue weighted by atomic mass is 9.90. The summed E-state index contributed by atoms with van der Waals surface area (Å²) in [6.07, 6.45) is 0.831. The number of hydrogen-bond donors (Lipinski definition) is 1. The molecule has 0 aliphatic carbocycles. The summed E-state index contributed by atoms with van der Waals surface area (Å²) in [6.45, 7) is 6.14. The highest BCUT2D eigenvalue weighted by atomic mass is 16.5. The van der Waals surface area contributed by atoms with Crippen molar-refractivity contribution in [1.29, 1.82) is 0 Å². The molecule has 7 heteroatoms. The molecule has 2 heterocycles. The molecule has 7 nitrogen and oxygen atoms in total. The highest BCUT2D eigenvalue weighted by Crippen LogP contribution is 2.35. The summed E-state index contributed by atoms with van der Waals surface area (Å²) >= 11 is 0. The summed E-state index contributed by atoms with van der Waals surface area (Å²) in [5.74, 6) is 0.0822. The van der Waals surface area contributed by atoms with E-state index in [1.54, 1.807) is 19.2 Å². The van der Waals surface area contributed by atoms with Gasteiger partial charge in [0.05, 0.1) is 12.8 Å². The number of ether oxygens (including phenoxy) is 2. The molecule has 0 saturated carbocycles. The molecule has 1 N–H and O–H groups in total. The number of para-hydroxylation sites is 2. The number of piperidine rings is 1. The number of carboxylic acids is 1. The molecule has 1 aliphatic heterocycles. The highest BCUT2D eigenvalue weighted by molar-refractivity contribution is 5.78. The van der Waals surface area contributed by atoms with Crippen LogP contribution < -0.4 is 9.47 Å². The lowest BCUT2D eigenvalue weighted by Gasteiger charge is -2.39. The Morgan fingerprint density at radius 3 is 2.37 bits per heavy atom. The van der Waals surface area contributed by atoms with Crippen LogP contribution in [-0.4, -0.2) is 51.6 Å². The van der Waals surface area contributed by atoms with Crippen molar-refractivity contribution in [2.24, 2.45) is 7.05 Å². The van der Waals surface area contributed by atoms with Crippen LogP contribution >= 0.6 is 0 Å². The van der Waals surface area contributed by atoms with E-state index in [2.05, 4.69) is 16.9 Å². The van der Waals surface area contributed by atoms with Gasteiger partial charge >= 0.3 is 5.97 Å². The SMILES string of the molecule is COc1ccccc1OC1(C(=O)O)CCN(Cc2c(C)nn(C)c2C)CC1. The molecule has 0 amide bonds. The smallest absolute Gasteiger partial charge is 0.348 e. The first-order valence-corrected chi connectivity index (χ1v) is 9.13. The Kier molecular flexibility index (Phi) is 5.41. The topological polar surface area (TPSA) is 76.8 Å². The van der Waals surface area contributed by atoms with Crippen molar-refractivity contribution in [2.75, 3.05) is 20.2 Å². The fourth-order valence-corrected chi connectivity index (χ4v) is 3.62. The summed E-state index contributed by atoms with van der Waals surface area (Å²) in [5, 5.41) is 14.3. The maximum atomic E-state index is 12.1. The Balaban J connectivity index is 1.73. The maximum Gasteiger partial charge on any atom is 0.348 e. The van der Waals surface area contributed by atoms with Gasteiger partial charge in [0.1, 0.15) is 0 Å². The minimum Gasteiger partial charge on any atom is -0.493 e. The van der Waals surface area contributed by atoms with Crippen molar-refractivity contribution in [1.82, 2.24) is 14.7 Å². The third-order valence-electron chi connectivity index (χ3n) is 5.47. The summed E-state index contributed by atoms with van der Waals surface area (Å²) in [5.41, 5.74) is 2.15. The van der Waals surface area contributed by atoms with E-state index in [-0.39, 0.29) is 0 Å². The Morgan fingerprint density at radius 2 is 1.85 bits per heavy atom. The van der Waals surface area contributed by atoms with Crippen LogP contribution in [0.2, 0.25) is 0 Å². The van der Waals surface area contributed by atoms with Crippen LogP contribution in [0.4, 0.5) is 0 Å². The zero-order valence-corrected chi connectivity index (χ0v) is 16.4. The van der Waals surface area contributed by atoms with Crippen LogP contribution in [0.3, 0.4) is 0 Å². The number of aromatic nitrogens is 2. The van der Waals surface area contributed by atoms with Crippen LogP contribution in [-0.2, 0) is 18.4 Å². The van der Waals surface area contributed by atoms with E-state index >= 15 is 0 Å². The zero-order valence-electron chi connectivity index (χ0n) is 16.4. The third-order valence-corrected chi connectivity index (χ3v) is 5.47. The maximum absolute atomic E-state index is 12.1. The predicted octanol–water partition coefficient (Wildman–Crippen LogP) is 2.54. The summed E-state index contributed by atoms with van der Waals surface area (Å²) < 4.78 is 13.2. The van der Waals surface area contributed by atoms with Gasteiger partial charge in [-0.25, -0.2) is 4.79 Å². The number of nitrogens with zero attached hydrogens (tertiary/aromatic N) is 3. The van der Waals surface area contributed by atoms with Gasteiger partial charge in [-0.1, -0.05) is 12.1 Å². The molecule has 2 aromatic rings. The number of hydrogen-bond acceptors (Lipinski definition) is 5. The van der Waals surface area contributed by atoms with Gasteiger partial charge in [0.15, 0.2) is 11.5 Å². The quantitative estimate of drug-likeness (QED) is 0.839. The first-order chi connectivity index (χ1) is 12.9. The second kappa shape index (κ2) is 7.60. The first kappa shape index (κ1) is 19.2. The molecule has 0 atom stereocenters. The van der Waals surface area contributed by atoms with Crippen LogP contribution in [0.25, 0.3) is 0 Å². The Morgan fingerprint density at radius 1 is 1.22 bits per heavy atom. The van der Waals surface area contributed by atoms with E-state index in [1.807, 2.05) is 30.8 Å². The summed E-state index contributed by atoms with van der Waals surface area (Å²) in [7, 11) is 3.50. The molecule has 0 spiro atoms. The van der Waals surface area contributed by atoms with Gasteiger partial charge in [-0.15, -0.1) is 0 Å². The van der Waals surface area contributed by atoms with Crippen molar-refractivity contribution >= 4 is 5.97 Å². The average molecular weight is 373 g/mol. The number of likely N-dealkylation sites (tertiary alicyclic amines) is 1. The molecule has 1 fully saturated rings. The third kappa shape index (κ3) is 3.78. The fourth-order valence-electron chi connectivity index (χ4n) is 3.62. The zero-order chi connectivity index (χ0) is 19.6. The number of carboxylic acid groups (broad SMARTS) is 1. The van der Waals surface area contributed by atoms with Crippen LogP contribution in [0.15, 0.2) is 24.3 Å². The molecule has 0 bridgehead atoms. The van der Waals surface area contributed by atoms with Gasteiger partial charge in [-0.2, -0.15) is 5.10 Å². The monoisotopic (exact) mass is 373 g/mol. The van der Waals surface area contributed by atoms with Gasteiger partial charge in [-0.3, -0.25) is 9.58 Å². The second-order valence-corrected chi connectivity index (χ2v) is 7.10. The summed E-state index contributed by atoms with van der Waals surface area (Å²) in [6, 6.07) is 7.17. The lowest BCUT2D eigenvalue weighted by Crippen LogP contribution is -2.53. The van der Waals surface area contributed by atoms with Crippen molar-refractivity contribution in [2.45, 2.75) is 38.8 Å². The number of aryl methyl sites for hydroxylation is 2. The number of aliphatic carboxylic acids is 1. The van der Waals surface area contributed by atoms with Crippen LogP contribution in [0.5, 0.6) is 11.5 Å². The highest BCUT2D eigenvalue weighted by Gasteiger charge is 2.44. The minimum atomic E-state index is -1.23. The van der Waals surface area contributed by atoms with Crippen LogP contribution in [0.1, 0.15) is 29.8 Å². The van der Waals surface area contributed by atoms with E-state index in [0.717, 1.165) is 17.9 Å². The Hall–Kier alpha value is -2.54. The molecule has 146 valence electrons. The van der Waals surface area contributed by atoms with Gasteiger partial charge in [-0.05, 0) is 26.0 Å². The van der Waals surface area contributed by atoms with Gasteiger partial charge < -0.3 is 14.6 Å². The van der Waals surface area contributed by atoms with E-state index in [0.29, 0.717) is 37.4 Å². The second-order valence-electron chi connectivity index (χ2n) is 7.10. The largest absolute Gasteiger partial charge is 0.493 e. The van der Waals surface area contributed by atoms with E-state index in [1.165, 1.54) is 5.56 Å². The molecule has 1 aromatic carbocycles. The molecule has 0 radical (unpaired) electrons. The molecule has 1 aliphatic rings. The molecular formula is C20H27N3O4. The standard InChI is InChI=1S/C20H27N3O4/c1-14-16(15(2)22(3)21-14)13-23-11-9-20(10-12-23,19(24)25)27-18-8-6-5-7-17(18)26-4/h5-8H,9-13H2,1-4H3,(H,24,25). The van der Waals surface area contributed by atoms with Crippen molar-refractivity contribution in [3.05, 3.63) is 41.2 Å².